The molecule has 1 aromatic carbocycles. The lowest BCUT2D eigenvalue weighted by molar-refractivity contribution is 0.0844. The van der Waals surface area contributed by atoms with Crippen molar-refractivity contribution in [1.82, 2.24) is 15.8 Å². The second kappa shape index (κ2) is 7.85. The van der Waals surface area contributed by atoms with E-state index in [0.29, 0.717) is 21.3 Å². The van der Waals surface area contributed by atoms with E-state index in [-0.39, 0.29) is 11.5 Å². The molecule has 9 heteroatoms. The number of rotatable bonds is 4. The molecular formula is C17H13ClN4O3S. The van der Waals surface area contributed by atoms with Gasteiger partial charge in [0, 0.05) is 11.8 Å². The van der Waals surface area contributed by atoms with Gasteiger partial charge in [0.2, 0.25) is 0 Å². The first kappa shape index (κ1) is 17.7. The molecule has 2 heterocycles. The van der Waals surface area contributed by atoms with Gasteiger partial charge in [-0.05, 0) is 41.8 Å². The standard InChI is InChI=1S/C17H13ClN4O3S/c18-11-6-5-10(9-13(11)20-17(25)14-4-2-8-26-14)15(23)21-22-16(24)12-3-1-7-19-12/h1-9,19H,(H,20,25)(H,21,23)(H,22,24). The Morgan fingerprint density at radius 2 is 1.77 bits per heavy atom. The van der Waals surface area contributed by atoms with Crippen molar-refractivity contribution in [3.05, 3.63) is 75.2 Å². The topological polar surface area (TPSA) is 103 Å². The largest absolute Gasteiger partial charge is 0.357 e. The number of carbonyl (C=O) groups is 3. The Hall–Kier alpha value is -3.10. The maximum atomic E-state index is 12.2. The van der Waals surface area contributed by atoms with Crippen molar-refractivity contribution in [3.8, 4) is 0 Å². The fourth-order valence-electron chi connectivity index (χ4n) is 2.08. The molecule has 0 radical (unpaired) electrons. The van der Waals surface area contributed by atoms with E-state index in [1.165, 1.54) is 29.5 Å². The van der Waals surface area contributed by atoms with Gasteiger partial charge in [0.25, 0.3) is 17.7 Å². The molecule has 26 heavy (non-hydrogen) atoms. The number of nitrogens with one attached hydrogen (secondary N) is 4. The number of benzene rings is 1. The first-order valence-corrected chi connectivity index (χ1v) is 8.69. The van der Waals surface area contributed by atoms with Crippen LogP contribution in [0.15, 0.2) is 54.0 Å². The number of hydrogen-bond donors (Lipinski definition) is 4. The molecule has 2 aromatic heterocycles. The van der Waals surface area contributed by atoms with E-state index in [9.17, 15) is 14.4 Å². The molecule has 4 N–H and O–H groups in total. The van der Waals surface area contributed by atoms with Crippen LogP contribution in [0.2, 0.25) is 5.02 Å². The number of hydrazine groups is 1. The summed E-state index contributed by atoms with van der Waals surface area (Å²) in [4.78, 5) is 39.4. The number of aromatic nitrogens is 1. The van der Waals surface area contributed by atoms with Crippen LogP contribution >= 0.6 is 22.9 Å². The van der Waals surface area contributed by atoms with E-state index < -0.39 is 11.8 Å². The lowest BCUT2D eigenvalue weighted by Crippen LogP contribution is -2.41. The predicted octanol–water partition coefficient (Wildman–Crippen LogP) is 3.06. The zero-order valence-corrected chi connectivity index (χ0v) is 14.8. The van der Waals surface area contributed by atoms with Gasteiger partial charge in [-0.15, -0.1) is 11.3 Å². The van der Waals surface area contributed by atoms with Gasteiger partial charge in [-0.1, -0.05) is 17.7 Å². The molecule has 0 spiro atoms. The molecule has 0 atom stereocenters. The summed E-state index contributed by atoms with van der Waals surface area (Å²) in [6, 6.07) is 11.1. The number of anilines is 1. The monoisotopic (exact) mass is 388 g/mol. The summed E-state index contributed by atoms with van der Waals surface area (Å²) < 4.78 is 0. The van der Waals surface area contributed by atoms with E-state index >= 15 is 0 Å². The van der Waals surface area contributed by atoms with Crippen LogP contribution in [0.4, 0.5) is 5.69 Å². The quantitative estimate of drug-likeness (QED) is 0.516. The number of aromatic amines is 1. The predicted molar refractivity (Wildman–Crippen MR) is 99.4 cm³/mol. The summed E-state index contributed by atoms with van der Waals surface area (Å²) in [6.07, 6.45) is 1.60. The highest BCUT2D eigenvalue weighted by Gasteiger charge is 2.14. The Morgan fingerprint density at radius 1 is 0.962 bits per heavy atom. The third-order valence-corrected chi connectivity index (χ3v) is 4.55. The lowest BCUT2D eigenvalue weighted by Gasteiger charge is -2.10. The van der Waals surface area contributed by atoms with Gasteiger partial charge in [-0.25, -0.2) is 0 Å². The Morgan fingerprint density at radius 3 is 2.46 bits per heavy atom. The summed E-state index contributed by atoms with van der Waals surface area (Å²) in [5.41, 5.74) is 5.43. The zero-order chi connectivity index (χ0) is 18.5. The summed E-state index contributed by atoms with van der Waals surface area (Å²) in [6.45, 7) is 0. The minimum atomic E-state index is -0.548. The number of amides is 3. The van der Waals surface area contributed by atoms with Crippen molar-refractivity contribution in [3.63, 3.8) is 0 Å². The summed E-state index contributed by atoms with van der Waals surface area (Å²) >= 11 is 7.38. The number of carbonyl (C=O) groups excluding carboxylic acids is 3. The highest BCUT2D eigenvalue weighted by Crippen LogP contribution is 2.24. The van der Waals surface area contributed by atoms with Crippen molar-refractivity contribution in [2.75, 3.05) is 5.32 Å². The van der Waals surface area contributed by atoms with Crippen LogP contribution < -0.4 is 16.2 Å². The van der Waals surface area contributed by atoms with Gasteiger partial charge in [0.05, 0.1) is 15.6 Å². The fourth-order valence-corrected chi connectivity index (χ4v) is 2.86. The molecule has 0 saturated heterocycles. The maximum absolute atomic E-state index is 12.2. The Bertz CT molecular complexity index is 939. The number of halogens is 1. The second-order valence-electron chi connectivity index (χ2n) is 5.12. The van der Waals surface area contributed by atoms with Crippen LogP contribution in [0.3, 0.4) is 0 Å². The normalized spacial score (nSPS) is 10.2. The highest BCUT2D eigenvalue weighted by atomic mass is 35.5. The molecule has 132 valence electrons. The first-order valence-electron chi connectivity index (χ1n) is 7.43. The Kier molecular flexibility index (Phi) is 5.35. The number of thiophene rings is 1. The molecule has 0 aliphatic heterocycles. The van der Waals surface area contributed by atoms with E-state index in [1.807, 2.05) is 0 Å². The minimum Gasteiger partial charge on any atom is -0.357 e. The van der Waals surface area contributed by atoms with Crippen LogP contribution in [-0.4, -0.2) is 22.7 Å². The highest BCUT2D eigenvalue weighted by molar-refractivity contribution is 7.12. The average molecular weight is 389 g/mol. The lowest BCUT2D eigenvalue weighted by atomic mass is 10.2. The van der Waals surface area contributed by atoms with Crippen LogP contribution in [-0.2, 0) is 0 Å². The third-order valence-electron chi connectivity index (χ3n) is 3.35. The fraction of sp³-hybridized carbons (Fsp3) is 0. The molecule has 0 bridgehead atoms. The van der Waals surface area contributed by atoms with Crippen LogP contribution in [0.5, 0.6) is 0 Å². The average Bonchev–Trinajstić information content (AvgIpc) is 3.34. The maximum Gasteiger partial charge on any atom is 0.286 e. The smallest absolute Gasteiger partial charge is 0.286 e. The van der Waals surface area contributed by atoms with Gasteiger partial charge in [0.15, 0.2) is 0 Å². The van der Waals surface area contributed by atoms with Crippen molar-refractivity contribution in [2.24, 2.45) is 0 Å². The van der Waals surface area contributed by atoms with Gasteiger partial charge in [-0.2, -0.15) is 0 Å². The van der Waals surface area contributed by atoms with Gasteiger partial charge < -0.3 is 10.3 Å². The summed E-state index contributed by atoms with van der Waals surface area (Å²) in [5, 5.41) is 4.74. The van der Waals surface area contributed by atoms with E-state index in [4.69, 9.17) is 11.6 Å². The molecule has 0 aliphatic carbocycles. The van der Waals surface area contributed by atoms with Gasteiger partial charge in [0.1, 0.15) is 5.69 Å². The number of hydrogen-bond acceptors (Lipinski definition) is 4. The second-order valence-corrected chi connectivity index (χ2v) is 6.47. The molecule has 0 fully saturated rings. The molecule has 7 nitrogen and oxygen atoms in total. The van der Waals surface area contributed by atoms with E-state index in [0.717, 1.165) is 0 Å². The van der Waals surface area contributed by atoms with Crippen molar-refractivity contribution in [1.29, 1.82) is 0 Å². The zero-order valence-electron chi connectivity index (χ0n) is 13.2. The first-order chi connectivity index (χ1) is 12.5. The molecule has 0 aliphatic rings. The van der Waals surface area contributed by atoms with Crippen LogP contribution in [0.1, 0.15) is 30.5 Å². The van der Waals surface area contributed by atoms with Crippen LogP contribution in [0, 0.1) is 0 Å². The Balaban J connectivity index is 1.67. The third kappa shape index (κ3) is 4.11. The summed E-state index contributed by atoms with van der Waals surface area (Å²) in [7, 11) is 0. The molecular weight excluding hydrogens is 376 g/mol. The van der Waals surface area contributed by atoms with Gasteiger partial charge >= 0.3 is 0 Å². The van der Waals surface area contributed by atoms with Crippen molar-refractivity contribution >= 4 is 46.3 Å². The molecule has 3 aromatic rings. The molecule has 3 rings (SSSR count). The van der Waals surface area contributed by atoms with Crippen molar-refractivity contribution in [2.45, 2.75) is 0 Å². The van der Waals surface area contributed by atoms with Crippen molar-refractivity contribution < 1.29 is 14.4 Å². The van der Waals surface area contributed by atoms with Gasteiger partial charge in [-0.3, -0.25) is 25.2 Å². The Labute approximate surface area is 157 Å². The van der Waals surface area contributed by atoms with E-state index in [1.54, 1.807) is 35.8 Å². The van der Waals surface area contributed by atoms with E-state index in [2.05, 4.69) is 21.2 Å². The molecule has 0 saturated carbocycles. The number of H-pyrrole nitrogens is 1. The molecule has 0 unspecified atom stereocenters. The van der Waals surface area contributed by atoms with Crippen LogP contribution in [0.25, 0.3) is 0 Å². The SMILES string of the molecule is O=C(NNC(=O)c1ccc[nH]1)c1ccc(Cl)c(NC(=O)c2cccs2)c1. The summed E-state index contributed by atoms with van der Waals surface area (Å²) in [5.74, 6) is -1.35. The molecule has 3 amide bonds. The minimum absolute atomic E-state index is 0.225.